The predicted molar refractivity (Wildman–Crippen MR) is 116 cm³/mol. The van der Waals surface area contributed by atoms with E-state index in [1.807, 2.05) is 37.3 Å². The predicted octanol–water partition coefficient (Wildman–Crippen LogP) is 2.63. The van der Waals surface area contributed by atoms with Crippen molar-refractivity contribution >= 4 is 22.4 Å². The maximum absolute atomic E-state index is 12.2. The highest BCUT2D eigenvalue weighted by molar-refractivity contribution is 7.89. The van der Waals surface area contributed by atoms with Crippen LogP contribution in [0.5, 0.6) is 17.2 Å². The summed E-state index contributed by atoms with van der Waals surface area (Å²) in [6.45, 7) is 3.18. The number of benzene rings is 2. The van der Waals surface area contributed by atoms with Crippen molar-refractivity contribution in [2.75, 3.05) is 34.4 Å². The SMILES string of the molecule is CNS(=O)(=O)c1cc(CC(C)NCCOc2ccccc2OC)ccc1OC.Cl. The number of hydrogen-bond donors (Lipinski definition) is 2. The van der Waals surface area contributed by atoms with Crippen LogP contribution in [0.4, 0.5) is 0 Å². The third-order valence-corrected chi connectivity index (χ3v) is 5.69. The Labute approximate surface area is 179 Å². The van der Waals surface area contributed by atoms with Crippen LogP contribution in [0.25, 0.3) is 0 Å². The average Bonchev–Trinajstić information content (AvgIpc) is 2.71. The van der Waals surface area contributed by atoms with Gasteiger partial charge in [-0.05, 0) is 50.2 Å². The first kappa shape index (κ1) is 25.0. The Morgan fingerprint density at radius 3 is 2.28 bits per heavy atom. The second kappa shape index (κ2) is 11.9. The van der Waals surface area contributed by atoms with E-state index in [0.717, 1.165) is 5.56 Å². The minimum Gasteiger partial charge on any atom is -0.495 e. The fraction of sp³-hybridized carbons (Fsp3) is 0.400. The lowest BCUT2D eigenvalue weighted by Gasteiger charge is -2.16. The van der Waals surface area contributed by atoms with Crippen LogP contribution in [0.1, 0.15) is 12.5 Å². The van der Waals surface area contributed by atoms with Crippen molar-refractivity contribution in [2.45, 2.75) is 24.3 Å². The van der Waals surface area contributed by atoms with Crippen LogP contribution in [0.2, 0.25) is 0 Å². The molecule has 0 radical (unpaired) electrons. The number of sulfonamides is 1. The normalized spacial score (nSPS) is 12.0. The molecule has 0 aromatic heterocycles. The minimum absolute atomic E-state index is 0. The van der Waals surface area contributed by atoms with Gasteiger partial charge in [0.25, 0.3) is 0 Å². The van der Waals surface area contributed by atoms with Gasteiger partial charge in [0.05, 0.1) is 14.2 Å². The molecule has 2 rings (SSSR count). The van der Waals surface area contributed by atoms with Crippen molar-refractivity contribution in [1.82, 2.24) is 10.0 Å². The highest BCUT2D eigenvalue weighted by Crippen LogP contribution is 2.26. The fourth-order valence-electron chi connectivity index (χ4n) is 2.80. The van der Waals surface area contributed by atoms with Crippen LogP contribution >= 0.6 is 12.4 Å². The van der Waals surface area contributed by atoms with Crippen molar-refractivity contribution in [2.24, 2.45) is 0 Å². The van der Waals surface area contributed by atoms with Gasteiger partial charge in [0.2, 0.25) is 10.0 Å². The van der Waals surface area contributed by atoms with Crippen molar-refractivity contribution in [3.8, 4) is 17.2 Å². The van der Waals surface area contributed by atoms with E-state index >= 15 is 0 Å². The van der Waals surface area contributed by atoms with E-state index in [-0.39, 0.29) is 23.3 Å². The smallest absolute Gasteiger partial charge is 0.244 e. The van der Waals surface area contributed by atoms with E-state index in [1.165, 1.54) is 14.2 Å². The summed E-state index contributed by atoms with van der Waals surface area (Å²) in [6, 6.07) is 12.8. The Morgan fingerprint density at radius 2 is 1.66 bits per heavy atom. The highest BCUT2D eigenvalue weighted by atomic mass is 35.5. The zero-order valence-corrected chi connectivity index (χ0v) is 18.7. The molecule has 0 saturated carbocycles. The van der Waals surface area contributed by atoms with Crippen molar-refractivity contribution in [3.05, 3.63) is 48.0 Å². The second-order valence-electron chi connectivity index (χ2n) is 6.25. The van der Waals surface area contributed by atoms with Gasteiger partial charge in [-0.1, -0.05) is 18.2 Å². The van der Waals surface area contributed by atoms with Gasteiger partial charge >= 0.3 is 0 Å². The summed E-state index contributed by atoms with van der Waals surface area (Å²) in [4.78, 5) is 0.140. The monoisotopic (exact) mass is 444 g/mol. The number of ether oxygens (including phenoxy) is 3. The van der Waals surface area contributed by atoms with Gasteiger partial charge < -0.3 is 19.5 Å². The fourth-order valence-corrected chi connectivity index (χ4v) is 3.74. The molecule has 0 fully saturated rings. The van der Waals surface area contributed by atoms with Gasteiger partial charge in [0.15, 0.2) is 11.5 Å². The first-order valence-electron chi connectivity index (χ1n) is 9.01. The van der Waals surface area contributed by atoms with Crippen molar-refractivity contribution < 1.29 is 22.6 Å². The van der Waals surface area contributed by atoms with Gasteiger partial charge in [0, 0.05) is 12.6 Å². The van der Waals surface area contributed by atoms with Crippen LogP contribution in [0.15, 0.2) is 47.4 Å². The second-order valence-corrected chi connectivity index (χ2v) is 8.11. The third-order valence-electron chi connectivity index (χ3n) is 4.25. The van der Waals surface area contributed by atoms with Crippen LogP contribution < -0.4 is 24.2 Å². The topological polar surface area (TPSA) is 85.9 Å². The molecular weight excluding hydrogens is 416 g/mol. The Kier molecular flexibility index (Phi) is 10.2. The Bertz CT molecular complexity index is 877. The summed E-state index contributed by atoms with van der Waals surface area (Å²) in [5, 5.41) is 3.38. The number of rotatable bonds is 11. The van der Waals surface area contributed by atoms with E-state index in [0.29, 0.717) is 36.8 Å². The van der Waals surface area contributed by atoms with E-state index in [9.17, 15) is 8.42 Å². The lowest BCUT2D eigenvalue weighted by molar-refractivity contribution is 0.287. The number of para-hydroxylation sites is 2. The van der Waals surface area contributed by atoms with Crippen molar-refractivity contribution in [3.63, 3.8) is 0 Å². The first-order valence-corrected chi connectivity index (χ1v) is 10.5. The molecule has 0 bridgehead atoms. The van der Waals surface area contributed by atoms with E-state index in [1.54, 1.807) is 19.2 Å². The summed E-state index contributed by atoms with van der Waals surface area (Å²) < 4.78 is 42.9. The molecule has 9 heteroatoms. The third kappa shape index (κ3) is 7.08. The zero-order valence-electron chi connectivity index (χ0n) is 17.1. The highest BCUT2D eigenvalue weighted by Gasteiger charge is 2.18. The molecule has 7 nitrogen and oxygen atoms in total. The summed E-state index contributed by atoms with van der Waals surface area (Å²) >= 11 is 0. The lowest BCUT2D eigenvalue weighted by Crippen LogP contribution is -2.32. The maximum atomic E-state index is 12.2. The molecule has 1 atom stereocenters. The lowest BCUT2D eigenvalue weighted by atomic mass is 10.1. The van der Waals surface area contributed by atoms with Crippen LogP contribution in [-0.2, 0) is 16.4 Å². The standard InChI is InChI=1S/C20H28N2O5S.ClH/c1-15(22-11-12-27-18-8-6-5-7-17(18)25-3)13-16-9-10-19(26-4)20(14-16)28(23,24)21-2;/h5-10,14-15,21-22H,11-13H2,1-4H3;1H. The number of hydrogen-bond acceptors (Lipinski definition) is 6. The molecule has 0 spiro atoms. The molecule has 0 amide bonds. The maximum Gasteiger partial charge on any atom is 0.244 e. The number of nitrogens with one attached hydrogen (secondary N) is 2. The molecule has 162 valence electrons. The molecule has 1 unspecified atom stereocenters. The average molecular weight is 445 g/mol. The van der Waals surface area contributed by atoms with E-state index < -0.39 is 10.0 Å². The zero-order chi connectivity index (χ0) is 20.6. The van der Waals surface area contributed by atoms with Gasteiger partial charge in [-0.2, -0.15) is 0 Å². The van der Waals surface area contributed by atoms with Gasteiger partial charge in [-0.15, -0.1) is 12.4 Å². The summed E-state index contributed by atoms with van der Waals surface area (Å²) in [5.41, 5.74) is 0.903. The van der Waals surface area contributed by atoms with Gasteiger partial charge in [-0.25, -0.2) is 13.1 Å². The quantitative estimate of drug-likeness (QED) is 0.518. The summed E-state index contributed by atoms with van der Waals surface area (Å²) in [6.07, 6.45) is 0.672. The Balaban J connectivity index is 0.00000420. The summed E-state index contributed by atoms with van der Waals surface area (Å²) in [5.74, 6) is 1.73. The minimum atomic E-state index is -3.58. The summed E-state index contributed by atoms with van der Waals surface area (Å²) in [7, 11) is 0.863. The number of methoxy groups -OCH3 is 2. The molecule has 2 aromatic rings. The Hall–Kier alpha value is -2.00. The molecule has 0 aliphatic rings. The van der Waals surface area contributed by atoms with Crippen LogP contribution in [0, 0.1) is 0 Å². The molecule has 0 aliphatic carbocycles. The van der Waals surface area contributed by atoms with Gasteiger partial charge in [-0.3, -0.25) is 0 Å². The Morgan fingerprint density at radius 1 is 1.00 bits per heavy atom. The van der Waals surface area contributed by atoms with Gasteiger partial charge in [0.1, 0.15) is 17.3 Å². The molecule has 2 aromatic carbocycles. The van der Waals surface area contributed by atoms with E-state index in [4.69, 9.17) is 14.2 Å². The molecule has 0 heterocycles. The molecular formula is C20H29ClN2O5S. The van der Waals surface area contributed by atoms with Crippen LogP contribution in [0.3, 0.4) is 0 Å². The van der Waals surface area contributed by atoms with Crippen LogP contribution in [-0.4, -0.2) is 48.9 Å². The largest absolute Gasteiger partial charge is 0.495 e. The molecule has 2 N–H and O–H groups in total. The molecule has 29 heavy (non-hydrogen) atoms. The molecule has 0 saturated heterocycles. The van der Waals surface area contributed by atoms with E-state index in [2.05, 4.69) is 10.0 Å². The number of halogens is 1. The molecule has 0 aliphatic heterocycles. The first-order chi connectivity index (χ1) is 13.4. The van der Waals surface area contributed by atoms with Crippen molar-refractivity contribution in [1.29, 1.82) is 0 Å².